The molecule has 1 amide bonds. The van der Waals surface area contributed by atoms with Crippen LogP contribution in [0.5, 0.6) is 5.75 Å². The Kier molecular flexibility index (Phi) is 6.52. The Morgan fingerprint density at radius 3 is 2.68 bits per heavy atom. The SMILES string of the molecule is COc1ccc2nc(NC(=O)C3CCN(S(=O)(=O)c4ccccc4SC)CC3)sc2c1. The number of ether oxygens (including phenoxy) is 1. The molecular formula is C21H23N3O4S3. The zero-order chi connectivity index (χ0) is 22.0. The number of anilines is 1. The lowest BCUT2D eigenvalue weighted by atomic mass is 9.97. The van der Waals surface area contributed by atoms with Crippen LogP contribution >= 0.6 is 23.1 Å². The summed E-state index contributed by atoms with van der Waals surface area (Å²) >= 11 is 2.81. The van der Waals surface area contributed by atoms with Crippen LogP contribution < -0.4 is 10.1 Å². The molecule has 1 aliphatic heterocycles. The molecule has 3 aromatic rings. The molecule has 1 aliphatic rings. The second kappa shape index (κ2) is 9.15. The van der Waals surface area contributed by atoms with Crippen molar-refractivity contribution in [3.8, 4) is 5.75 Å². The zero-order valence-corrected chi connectivity index (χ0v) is 19.6. The van der Waals surface area contributed by atoms with E-state index in [9.17, 15) is 13.2 Å². The number of nitrogens with one attached hydrogen (secondary N) is 1. The Balaban J connectivity index is 1.41. The van der Waals surface area contributed by atoms with E-state index in [1.54, 1.807) is 19.2 Å². The highest BCUT2D eigenvalue weighted by atomic mass is 32.2. The van der Waals surface area contributed by atoms with Gasteiger partial charge in [0.2, 0.25) is 15.9 Å². The number of hydrogen-bond acceptors (Lipinski definition) is 7. The van der Waals surface area contributed by atoms with E-state index >= 15 is 0 Å². The number of thiazole rings is 1. The lowest BCUT2D eigenvalue weighted by molar-refractivity contribution is -0.120. The first-order valence-corrected chi connectivity index (χ1v) is 13.3. The molecule has 2 heterocycles. The molecule has 0 aliphatic carbocycles. The predicted molar refractivity (Wildman–Crippen MR) is 125 cm³/mol. The molecule has 0 radical (unpaired) electrons. The van der Waals surface area contributed by atoms with Crippen molar-refractivity contribution in [3.05, 3.63) is 42.5 Å². The van der Waals surface area contributed by atoms with Gasteiger partial charge in [-0.3, -0.25) is 4.79 Å². The molecule has 1 fully saturated rings. The molecule has 1 aromatic heterocycles. The number of aromatic nitrogens is 1. The van der Waals surface area contributed by atoms with Gasteiger partial charge >= 0.3 is 0 Å². The van der Waals surface area contributed by atoms with Gasteiger partial charge in [-0.25, -0.2) is 13.4 Å². The first-order valence-electron chi connectivity index (χ1n) is 9.81. The summed E-state index contributed by atoms with van der Waals surface area (Å²) in [5.41, 5.74) is 0.800. The summed E-state index contributed by atoms with van der Waals surface area (Å²) in [6.07, 6.45) is 2.82. The third kappa shape index (κ3) is 4.57. The summed E-state index contributed by atoms with van der Waals surface area (Å²) in [6, 6.07) is 12.6. The average molecular weight is 478 g/mol. The maximum Gasteiger partial charge on any atom is 0.244 e. The summed E-state index contributed by atoms with van der Waals surface area (Å²) < 4.78 is 33.8. The summed E-state index contributed by atoms with van der Waals surface area (Å²) in [7, 11) is -1.97. The molecular weight excluding hydrogens is 454 g/mol. The van der Waals surface area contributed by atoms with Crippen LogP contribution in [0.25, 0.3) is 10.2 Å². The quantitative estimate of drug-likeness (QED) is 0.539. The standard InChI is InChI=1S/C21H23N3O4S3/c1-28-15-7-8-16-18(13-15)30-21(22-16)23-20(25)14-9-11-24(12-10-14)31(26,27)19-6-4-3-5-17(19)29-2/h3-8,13-14H,9-12H2,1-2H3,(H,22,23,25). The van der Waals surface area contributed by atoms with Crippen molar-refractivity contribution in [2.24, 2.45) is 5.92 Å². The van der Waals surface area contributed by atoms with Crippen LogP contribution in [0, 0.1) is 5.92 Å². The van der Waals surface area contributed by atoms with Gasteiger partial charge in [0.05, 0.1) is 22.2 Å². The van der Waals surface area contributed by atoms with Crippen molar-refractivity contribution in [2.75, 3.05) is 31.8 Å². The molecule has 7 nitrogen and oxygen atoms in total. The third-order valence-corrected chi connectivity index (χ3v) is 9.15. The third-order valence-electron chi connectivity index (χ3n) is 5.34. The lowest BCUT2D eigenvalue weighted by Gasteiger charge is -2.30. The van der Waals surface area contributed by atoms with Gasteiger partial charge in [-0.2, -0.15) is 4.31 Å². The highest BCUT2D eigenvalue weighted by molar-refractivity contribution is 7.99. The van der Waals surface area contributed by atoms with Gasteiger partial charge in [-0.15, -0.1) is 11.8 Å². The van der Waals surface area contributed by atoms with E-state index in [1.807, 2.05) is 36.6 Å². The lowest BCUT2D eigenvalue weighted by Crippen LogP contribution is -2.41. The number of fused-ring (bicyclic) bond motifs is 1. The summed E-state index contributed by atoms with van der Waals surface area (Å²) in [5, 5.41) is 3.44. The smallest absolute Gasteiger partial charge is 0.244 e. The fourth-order valence-electron chi connectivity index (χ4n) is 3.62. The number of piperidine rings is 1. The summed E-state index contributed by atoms with van der Waals surface area (Å²) in [4.78, 5) is 18.3. The molecule has 10 heteroatoms. The van der Waals surface area contributed by atoms with Crippen molar-refractivity contribution in [3.63, 3.8) is 0 Å². The molecule has 2 aromatic carbocycles. The minimum absolute atomic E-state index is 0.118. The van der Waals surface area contributed by atoms with E-state index < -0.39 is 10.0 Å². The van der Waals surface area contributed by atoms with E-state index in [4.69, 9.17) is 4.74 Å². The average Bonchev–Trinajstić information content (AvgIpc) is 3.20. The second-order valence-electron chi connectivity index (χ2n) is 7.17. The monoisotopic (exact) mass is 477 g/mol. The van der Waals surface area contributed by atoms with Crippen molar-refractivity contribution in [1.82, 2.24) is 9.29 Å². The number of nitrogens with zero attached hydrogens (tertiary/aromatic N) is 2. The number of carbonyl (C=O) groups is 1. The van der Waals surface area contributed by atoms with E-state index in [0.29, 0.717) is 36.0 Å². The molecule has 4 rings (SSSR count). The summed E-state index contributed by atoms with van der Waals surface area (Å²) in [5.74, 6) is 0.377. The van der Waals surface area contributed by atoms with E-state index in [0.717, 1.165) is 20.9 Å². The van der Waals surface area contributed by atoms with Gasteiger partial charge < -0.3 is 10.1 Å². The number of rotatable bonds is 6. The Labute approximate surface area is 189 Å². The number of hydrogen-bond donors (Lipinski definition) is 1. The van der Waals surface area contributed by atoms with Gasteiger partial charge in [0, 0.05) is 23.9 Å². The molecule has 0 saturated carbocycles. The predicted octanol–water partition coefficient (Wildman–Crippen LogP) is 4.07. The molecule has 1 N–H and O–H groups in total. The van der Waals surface area contributed by atoms with Crippen molar-refractivity contribution < 1.29 is 17.9 Å². The van der Waals surface area contributed by atoms with Gasteiger partial charge in [-0.1, -0.05) is 23.5 Å². The van der Waals surface area contributed by atoms with Gasteiger partial charge in [-0.05, 0) is 49.4 Å². The second-order valence-corrected chi connectivity index (χ2v) is 11.0. The number of sulfonamides is 1. The number of methoxy groups -OCH3 is 1. The van der Waals surface area contributed by atoms with E-state index in [-0.39, 0.29) is 11.8 Å². The maximum absolute atomic E-state index is 13.1. The highest BCUT2D eigenvalue weighted by Gasteiger charge is 2.33. The van der Waals surface area contributed by atoms with Crippen LogP contribution in [0.3, 0.4) is 0 Å². The van der Waals surface area contributed by atoms with Crippen LogP contribution in [-0.2, 0) is 14.8 Å². The number of carbonyl (C=O) groups excluding carboxylic acids is 1. The molecule has 0 bridgehead atoms. The van der Waals surface area contributed by atoms with E-state index in [2.05, 4.69) is 10.3 Å². The van der Waals surface area contributed by atoms with Crippen molar-refractivity contribution in [2.45, 2.75) is 22.6 Å². The topological polar surface area (TPSA) is 88.6 Å². The van der Waals surface area contributed by atoms with Crippen LogP contribution in [-0.4, -0.2) is 50.1 Å². The van der Waals surface area contributed by atoms with Gasteiger partial charge in [0.1, 0.15) is 5.75 Å². The number of benzene rings is 2. The van der Waals surface area contributed by atoms with Crippen LogP contribution in [0.4, 0.5) is 5.13 Å². The minimum atomic E-state index is -3.58. The van der Waals surface area contributed by atoms with Crippen LogP contribution in [0.2, 0.25) is 0 Å². The molecule has 31 heavy (non-hydrogen) atoms. The molecule has 1 saturated heterocycles. The maximum atomic E-state index is 13.1. The Bertz CT molecular complexity index is 1200. The van der Waals surface area contributed by atoms with Crippen LogP contribution in [0.15, 0.2) is 52.3 Å². The number of thioether (sulfide) groups is 1. The Morgan fingerprint density at radius 1 is 1.23 bits per heavy atom. The zero-order valence-electron chi connectivity index (χ0n) is 17.2. The molecule has 0 atom stereocenters. The molecule has 0 unspecified atom stereocenters. The van der Waals surface area contributed by atoms with E-state index in [1.165, 1.54) is 27.4 Å². The van der Waals surface area contributed by atoms with Gasteiger partial charge in [0.25, 0.3) is 0 Å². The fourth-order valence-corrected chi connectivity index (χ4v) is 7.11. The summed E-state index contributed by atoms with van der Waals surface area (Å²) in [6.45, 7) is 0.639. The minimum Gasteiger partial charge on any atom is -0.497 e. The fraction of sp³-hybridized carbons (Fsp3) is 0.333. The largest absolute Gasteiger partial charge is 0.497 e. The van der Waals surface area contributed by atoms with Gasteiger partial charge in [0.15, 0.2) is 5.13 Å². The first-order chi connectivity index (χ1) is 14.9. The molecule has 164 valence electrons. The number of amides is 1. The van der Waals surface area contributed by atoms with Crippen molar-refractivity contribution in [1.29, 1.82) is 0 Å². The Morgan fingerprint density at radius 2 is 1.97 bits per heavy atom. The van der Waals surface area contributed by atoms with Crippen molar-refractivity contribution >= 4 is 54.4 Å². The normalized spacial score (nSPS) is 15.8. The van der Waals surface area contributed by atoms with Crippen LogP contribution in [0.1, 0.15) is 12.8 Å². The highest BCUT2D eigenvalue weighted by Crippen LogP contribution is 2.32. The Hall–Kier alpha value is -2.14. The first kappa shape index (κ1) is 22.1. The molecule has 0 spiro atoms.